The third-order valence-corrected chi connectivity index (χ3v) is 6.58. The number of benzene rings is 2. The number of ether oxygens (including phenoxy) is 3. The first kappa shape index (κ1) is 24.4. The Kier molecular flexibility index (Phi) is 6.56. The van der Waals surface area contributed by atoms with E-state index in [1.165, 1.54) is 13.0 Å². The van der Waals surface area contributed by atoms with Crippen molar-refractivity contribution in [2.45, 2.75) is 26.4 Å². The van der Waals surface area contributed by atoms with Crippen molar-refractivity contribution in [2.24, 2.45) is 0 Å². The van der Waals surface area contributed by atoms with Crippen LogP contribution in [0.1, 0.15) is 18.1 Å². The molecule has 0 aliphatic carbocycles. The Hall–Kier alpha value is -4.34. The molecule has 5 rings (SSSR count). The second kappa shape index (κ2) is 9.96. The summed E-state index contributed by atoms with van der Waals surface area (Å²) in [5.74, 6) is 0.541. The Bertz CT molecular complexity index is 1440. The van der Waals surface area contributed by atoms with E-state index in [0.29, 0.717) is 48.6 Å². The van der Waals surface area contributed by atoms with E-state index < -0.39 is 17.7 Å². The standard InChI is InChI=1S/C27H26N2O8/c1-16-19-8-7-18(35-17(2)30)13-23(19)37-27(33)20(16)14-25(31)28-9-11-29(12-10-28)26(32)24-15-34-21-5-3-4-6-22(21)36-24/h3-8,13,24H,9-12,14-15H2,1-2H3/t24-/m0/s1. The number of piperazine rings is 1. The van der Waals surface area contributed by atoms with Crippen LogP contribution in [-0.2, 0) is 20.8 Å². The zero-order valence-electron chi connectivity index (χ0n) is 20.5. The van der Waals surface area contributed by atoms with Gasteiger partial charge in [-0.25, -0.2) is 4.79 Å². The van der Waals surface area contributed by atoms with Crippen LogP contribution in [0.3, 0.4) is 0 Å². The molecular weight excluding hydrogens is 480 g/mol. The lowest BCUT2D eigenvalue weighted by molar-refractivity contribution is -0.146. The molecule has 192 valence electrons. The normalized spacial score (nSPS) is 17.0. The van der Waals surface area contributed by atoms with Crippen LogP contribution in [-0.4, -0.2) is 66.5 Å². The van der Waals surface area contributed by atoms with Gasteiger partial charge in [0.15, 0.2) is 11.5 Å². The van der Waals surface area contributed by atoms with Crippen molar-refractivity contribution in [1.29, 1.82) is 0 Å². The molecule has 0 saturated carbocycles. The number of rotatable bonds is 4. The van der Waals surface area contributed by atoms with Gasteiger partial charge >= 0.3 is 11.6 Å². The molecule has 3 aromatic rings. The van der Waals surface area contributed by atoms with Gasteiger partial charge in [-0.15, -0.1) is 0 Å². The predicted octanol–water partition coefficient (Wildman–Crippen LogP) is 2.08. The van der Waals surface area contributed by atoms with Gasteiger partial charge in [0, 0.05) is 44.6 Å². The Morgan fingerprint density at radius 2 is 1.70 bits per heavy atom. The fourth-order valence-corrected chi connectivity index (χ4v) is 4.59. The predicted molar refractivity (Wildman–Crippen MR) is 132 cm³/mol. The summed E-state index contributed by atoms with van der Waals surface area (Å²) < 4.78 is 22.0. The first-order chi connectivity index (χ1) is 17.8. The van der Waals surface area contributed by atoms with Gasteiger partial charge in [0.05, 0.1) is 12.0 Å². The van der Waals surface area contributed by atoms with Gasteiger partial charge in [0.1, 0.15) is 17.9 Å². The highest BCUT2D eigenvalue weighted by Gasteiger charge is 2.33. The average molecular weight is 507 g/mol. The minimum absolute atomic E-state index is 0.111. The Labute approximate surface area is 212 Å². The summed E-state index contributed by atoms with van der Waals surface area (Å²) in [4.78, 5) is 53.2. The highest BCUT2D eigenvalue weighted by Crippen LogP contribution is 2.31. The van der Waals surface area contributed by atoms with E-state index in [1.54, 1.807) is 41.0 Å². The molecule has 1 fully saturated rings. The molecule has 0 radical (unpaired) electrons. The number of amides is 2. The molecular formula is C27H26N2O8. The van der Waals surface area contributed by atoms with Crippen molar-refractivity contribution in [1.82, 2.24) is 9.80 Å². The highest BCUT2D eigenvalue weighted by atomic mass is 16.6. The van der Waals surface area contributed by atoms with E-state index in [0.717, 1.165) is 0 Å². The van der Waals surface area contributed by atoms with E-state index in [-0.39, 0.29) is 41.7 Å². The summed E-state index contributed by atoms with van der Waals surface area (Å²) in [6.07, 6.45) is -0.844. The molecule has 10 nitrogen and oxygen atoms in total. The van der Waals surface area contributed by atoms with Crippen molar-refractivity contribution in [3.63, 3.8) is 0 Å². The second-order valence-corrected chi connectivity index (χ2v) is 8.99. The summed E-state index contributed by atoms with van der Waals surface area (Å²) in [5, 5.41) is 0.657. The van der Waals surface area contributed by atoms with E-state index in [4.69, 9.17) is 18.6 Å². The minimum Gasteiger partial charge on any atom is -0.485 e. The van der Waals surface area contributed by atoms with Gasteiger partial charge in [0.2, 0.25) is 12.0 Å². The van der Waals surface area contributed by atoms with Crippen LogP contribution in [0.4, 0.5) is 0 Å². The van der Waals surface area contributed by atoms with E-state index >= 15 is 0 Å². The maximum atomic E-state index is 13.0. The molecule has 0 spiro atoms. The van der Waals surface area contributed by atoms with Crippen LogP contribution in [0.15, 0.2) is 51.7 Å². The zero-order valence-corrected chi connectivity index (χ0v) is 20.5. The van der Waals surface area contributed by atoms with Gasteiger partial charge in [-0.1, -0.05) is 12.1 Å². The molecule has 37 heavy (non-hydrogen) atoms. The molecule has 1 aromatic heterocycles. The topological polar surface area (TPSA) is 116 Å². The number of carbonyl (C=O) groups is 3. The SMILES string of the molecule is CC(=O)Oc1ccc2c(C)c(CC(=O)N3CCN(C(=O)[C@@H]4COc5ccccc5O4)CC3)c(=O)oc2c1. The van der Waals surface area contributed by atoms with E-state index in [1.807, 2.05) is 12.1 Å². The van der Waals surface area contributed by atoms with Crippen molar-refractivity contribution in [3.05, 3.63) is 64.0 Å². The Balaban J connectivity index is 1.22. The minimum atomic E-state index is -0.733. The highest BCUT2D eigenvalue weighted by molar-refractivity contribution is 5.86. The lowest BCUT2D eigenvalue weighted by Crippen LogP contribution is -2.55. The summed E-state index contributed by atoms with van der Waals surface area (Å²) in [6, 6.07) is 12.0. The quantitative estimate of drug-likeness (QED) is 0.300. The average Bonchev–Trinajstić information content (AvgIpc) is 2.90. The summed E-state index contributed by atoms with van der Waals surface area (Å²) in [6.45, 7) is 4.58. The van der Waals surface area contributed by atoms with Crippen LogP contribution in [0.25, 0.3) is 11.0 Å². The first-order valence-electron chi connectivity index (χ1n) is 12.0. The molecule has 1 saturated heterocycles. The summed E-state index contributed by atoms with van der Waals surface area (Å²) in [5.41, 5.74) is 0.586. The van der Waals surface area contributed by atoms with Crippen LogP contribution >= 0.6 is 0 Å². The molecule has 2 aliphatic heterocycles. The van der Waals surface area contributed by atoms with E-state index in [9.17, 15) is 19.2 Å². The van der Waals surface area contributed by atoms with Crippen molar-refractivity contribution in [3.8, 4) is 17.2 Å². The smallest absolute Gasteiger partial charge is 0.340 e. The monoisotopic (exact) mass is 506 g/mol. The molecule has 0 bridgehead atoms. The van der Waals surface area contributed by atoms with Gasteiger partial charge in [-0.2, -0.15) is 0 Å². The first-order valence-corrected chi connectivity index (χ1v) is 12.0. The number of hydrogen-bond donors (Lipinski definition) is 0. The lowest BCUT2D eigenvalue weighted by atomic mass is 10.0. The van der Waals surface area contributed by atoms with Crippen LogP contribution in [0.2, 0.25) is 0 Å². The molecule has 3 heterocycles. The number of esters is 1. The van der Waals surface area contributed by atoms with Crippen molar-refractivity contribution in [2.75, 3.05) is 32.8 Å². The van der Waals surface area contributed by atoms with E-state index in [2.05, 4.69) is 0 Å². The molecule has 2 aliphatic rings. The maximum Gasteiger partial charge on any atom is 0.340 e. The largest absolute Gasteiger partial charge is 0.485 e. The molecule has 0 unspecified atom stereocenters. The number of fused-ring (bicyclic) bond motifs is 2. The maximum absolute atomic E-state index is 13.0. The molecule has 0 N–H and O–H groups in total. The molecule has 2 amide bonds. The van der Waals surface area contributed by atoms with Crippen LogP contribution in [0.5, 0.6) is 17.2 Å². The second-order valence-electron chi connectivity index (χ2n) is 8.99. The van der Waals surface area contributed by atoms with Gasteiger partial charge < -0.3 is 28.4 Å². The Morgan fingerprint density at radius 1 is 1.00 bits per heavy atom. The molecule has 10 heteroatoms. The van der Waals surface area contributed by atoms with Gasteiger partial charge in [-0.05, 0) is 36.8 Å². The third-order valence-electron chi connectivity index (χ3n) is 6.58. The number of para-hydroxylation sites is 2. The summed E-state index contributed by atoms with van der Waals surface area (Å²) in [7, 11) is 0. The fourth-order valence-electron chi connectivity index (χ4n) is 4.59. The number of aryl methyl sites for hydroxylation is 1. The van der Waals surface area contributed by atoms with Crippen molar-refractivity contribution >= 4 is 28.8 Å². The number of carbonyl (C=O) groups excluding carboxylic acids is 3. The molecule has 1 atom stereocenters. The number of nitrogens with zero attached hydrogens (tertiary/aromatic N) is 2. The molecule has 2 aromatic carbocycles. The fraction of sp³-hybridized carbons (Fsp3) is 0.333. The number of hydrogen-bond acceptors (Lipinski definition) is 8. The van der Waals surface area contributed by atoms with Gasteiger partial charge in [-0.3, -0.25) is 14.4 Å². The Morgan fingerprint density at radius 3 is 2.43 bits per heavy atom. The zero-order chi connectivity index (χ0) is 26.1. The lowest BCUT2D eigenvalue weighted by Gasteiger charge is -2.37. The summed E-state index contributed by atoms with van der Waals surface area (Å²) >= 11 is 0. The van der Waals surface area contributed by atoms with Crippen LogP contribution in [0, 0.1) is 6.92 Å². The van der Waals surface area contributed by atoms with Crippen molar-refractivity contribution < 1.29 is 33.0 Å². The van der Waals surface area contributed by atoms with Gasteiger partial charge in [0.25, 0.3) is 5.91 Å². The van der Waals surface area contributed by atoms with Crippen LogP contribution < -0.4 is 19.8 Å². The third kappa shape index (κ3) is 5.00.